The first-order chi connectivity index (χ1) is 8.86. The lowest BCUT2D eigenvalue weighted by molar-refractivity contribution is -0.124. The van der Waals surface area contributed by atoms with Crippen LogP contribution in [0.2, 0.25) is 0 Å². The van der Waals surface area contributed by atoms with E-state index in [-0.39, 0.29) is 29.9 Å². The van der Waals surface area contributed by atoms with Gasteiger partial charge in [-0.15, -0.1) is 0 Å². The first kappa shape index (κ1) is 15.0. The van der Waals surface area contributed by atoms with Crippen molar-refractivity contribution in [2.75, 3.05) is 12.3 Å². The summed E-state index contributed by atoms with van der Waals surface area (Å²) in [6.07, 6.45) is 0.813. The molecule has 0 aliphatic rings. The lowest BCUT2D eigenvalue weighted by Gasteiger charge is -2.11. The molecule has 0 aromatic carbocycles. The molecular weight excluding hydrogens is 248 g/mol. The first-order valence-corrected chi connectivity index (χ1v) is 6.12. The highest BCUT2D eigenvalue weighted by Gasteiger charge is 2.20. The molecule has 0 bridgehead atoms. The summed E-state index contributed by atoms with van der Waals surface area (Å²) in [7, 11) is 1.60. The molecule has 0 aliphatic carbocycles. The summed E-state index contributed by atoms with van der Waals surface area (Å²) in [5, 5.41) is 6.71. The van der Waals surface area contributed by atoms with Gasteiger partial charge in [0.15, 0.2) is 12.3 Å². The van der Waals surface area contributed by atoms with E-state index in [2.05, 4.69) is 10.4 Å². The largest absolute Gasteiger partial charge is 0.451 e. The third kappa shape index (κ3) is 3.70. The highest BCUT2D eigenvalue weighted by atomic mass is 16.5. The number of aryl methyl sites for hydroxylation is 2. The Morgan fingerprint density at radius 2 is 2.16 bits per heavy atom. The van der Waals surface area contributed by atoms with Gasteiger partial charge in [0.25, 0.3) is 5.91 Å². The van der Waals surface area contributed by atoms with Gasteiger partial charge in [0, 0.05) is 13.1 Å². The zero-order chi connectivity index (χ0) is 14.6. The van der Waals surface area contributed by atoms with E-state index in [0.717, 1.165) is 6.42 Å². The molecule has 1 amide bonds. The number of hydrogen-bond donors (Lipinski definition) is 2. The molecule has 0 radical (unpaired) electrons. The normalized spacial score (nSPS) is 12.0. The summed E-state index contributed by atoms with van der Waals surface area (Å²) in [4.78, 5) is 23.3. The summed E-state index contributed by atoms with van der Waals surface area (Å²) < 4.78 is 6.27. The van der Waals surface area contributed by atoms with Crippen molar-refractivity contribution in [3.8, 4) is 0 Å². The van der Waals surface area contributed by atoms with Gasteiger partial charge in [-0.2, -0.15) is 5.10 Å². The number of aromatic nitrogens is 2. The zero-order valence-electron chi connectivity index (χ0n) is 11.7. The topological polar surface area (TPSA) is 99.2 Å². The average Bonchev–Trinajstić information content (AvgIpc) is 2.60. The summed E-state index contributed by atoms with van der Waals surface area (Å²) in [6, 6.07) is 0.0511. The summed E-state index contributed by atoms with van der Waals surface area (Å²) >= 11 is 0. The predicted octanol–water partition coefficient (Wildman–Crippen LogP) is 0.382. The molecule has 1 aromatic rings. The molecule has 7 nitrogen and oxygen atoms in total. The third-order valence-corrected chi connectivity index (χ3v) is 2.82. The Balaban J connectivity index is 2.59. The van der Waals surface area contributed by atoms with E-state index >= 15 is 0 Å². The van der Waals surface area contributed by atoms with Crippen molar-refractivity contribution in [1.82, 2.24) is 15.1 Å². The zero-order valence-corrected chi connectivity index (χ0v) is 11.7. The van der Waals surface area contributed by atoms with E-state index in [1.165, 1.54) is 4.68 Å². The molecule has 1 aromatic heterocycles. The number of rotatable bonds is 5. The van der Waals surface area contributed by atoms with Crippen LogP contribution in [-0.2, 0) is 16.6 Å². The van der Waals surface area contributed by atoms with Crippen LogP contribution in [0.25, 0.3) is 0 Å². The number of nitrogens with two attached hydrogens (primary N) is 1. The number of anilines is 1. The Bertz CT molecular complexity index is 482. The Hall–Kier alpha value is -2.05. The fraction of sp³-hybridized carbons (Fsp3) is 0.583. The van der Waals surface area contributed by atoms with Gasteiger partial charge in [0.2, 0.25) is 0 Å². The van der Waals surface area contributed by atoms with Crippen molar-refractivity contribution in [2.45, 2.75) is 33.2 Å². The number of carbonyl (C=O) groups excluding carboxylic acids is 2. The van der Waals surface area contributed by atoms with Crippen LogP contribution in [0, 0.1) is 6.92 Å². The summed E-state index contributed by atoms with van der Waals surface area (Å²) in [5.74, 6) is -0.986. The number of nitrogens with one attached hydrogen (secondary N) is 1. The van der Waals surface area contributed by atoms with Gasteiger partial charge in [0.05, 0.1) is 11.4 Å². The number of nitrogens with zero attached hydrogens (tertiary/aromatic N) is 2. The molecule has 0 saturated carbocycles. The number of nitrogen functional groups attached to an aromatic ring is 1. The fourth-order valence-electron chi connectivity index (χ4n) is 1.53. The summed E-state index contributed by atoms with van der Waals surface area (Å²) in [5.41, 5.74) is 6.72. The second-order valence-electron chi connectivity index (χ2n) is 4.42. The van der Waals surface area contributed by atoms with Gasteiger partial charge in [0.1, 0.15) is 0 Å². The SMILES string of the molecule is CCC(C)NC(=O)COC(=O)c1c(N)c(C)nn1C. The highest BCUT2D eigenvalue weighted by Crippen LogP contribution is 2.15. The number of amides is 1. The third-order valence-electron chi connectivity index (χ3n) is 2.82. The Labute approximate surface area is 112 Å². The molecule has 3 N–H and O–H groups in total. The molecule has 0 aliphatic heterocycles. The van der Waals surface area contributed by atoms with E-state index in [1.807, 2.05) is 13.8 Å². The van der Waals surface area contributed by atoms with Crippen LogP contribution in [0.1, 0.15) is 36.5 Å². The lowest BCUT2D eigenvalue weighted by atomic mass is 10.2. The molecule has 1 unspecified atom stereocenters. The van der Waals surface area contributed by atoms with Gasteiger partial charge >= 0.3 is 5.97 Å². The van der Waals surface area contributed by atoms with Crippen LogP contribution in [0.3, 0.4) is 0 Å². The van der Waals surface area contributed by atoms with Crippen molar-refractivity contribution in [1.29, 1.82) is 0 Å². The maximum atomic E-state index is 11.8. The van der Waals surface area contributed by atoms with E-state index < -0.39 is 5.97 Å². The highest BCUT2D eigenvalue weighted by molar-refractivity contribution is 5.95. The van der Waals surface area contributed by atoms with Crippen LogP contribution >= 0.6 is 0 Å². The first-order valence-electron chi connectivity index (χ1n) is 6.12. The minimum Gasteiger partial charge on any atom is -0.451 e. The van der Waals surface area contributed by atoms with Crippen molar-refractivity contribution in [3.63, 3.8) is 0 Å². The smallest absolute Gasteiger partial charge is 0.359 e. The number of hydrogen-bond acceptors (Lipinski definition) is 5. The molecule has 19 heavy (non-hydrogen) atoms. The number of carbonyl (C=O) groups is 2. The van der Waals surface area contributed by atoms with Crippen LogP contribution in [-0.4, -0.2) is 34.3 Å². The Morgan fingerprint density at radius 1 is 1.53 bits per heavy atom. The van der Waals surface area contributed by atoms with E-state index in [0.29, 0.717) is 5.69 Å². The molecular formula is C12H20N4O3. The van der Waals surface area contributed by atoms with Crippen molar-refractivity contribution < 1.29 is 14.3 Å². The van der Waals surface area contributed by atoms with Crippen molar-refractivity contribution >= 4 is 17.6 Å². The maximum absolute atomic E-state index is 11.8. The molecule has 0 saturated heterocycles. The average molecular weight is 268 g/mol. The van der Waals surface area contributed by atoms with Crippen molar-refractivity contribution in [3.05, 3.63) is 11.4 Å². The number of esters is 1. The molecule has 0 fully saturated rings. The molecule has 7 heteroatoms. The fourth-order valence-corrected chi connectivity index (χ4v) is 1.53. The monoisotopic (exact) mass is 268 g/mol. The van der Waals surface area contributed by atoms with Gasteiger partial charge in [-0.05, 0) is 20.3 Å². The van der Waals surface area contributed by atoms with Crippen LogP contribution < -0.4 is 11.1 Å². The minimum atomic E-state index is -0.653. The minimum absolute atomic E-state index is 0.0511. The Morgan fingerprint density at radius 3 is 2.63 bits per heavy atom. The van der Waals surface area contributed by atoms with Gasteiger partial charge in [-0.3, -0.25) is 9.48 Å². The van der Waals surface area contributed by atoms with Gasteiger partial charge in [-0.25, -0.2) is 4.79 Å². The van der Waals surface area contributed by atoms with Crippen LogP contribution in [0.5, 0.6) is 0 Å². The maximum Gasteiger partial charge on any atom is 0.359 e. The quantitative estimate of drug-likeness (QED) is 0.752. The Kier molecular flexibility index (Phi) is 4.91. The number of ether oxygens (including phenoxy) is 1. The summed E-state index contributed by atoms with van der Waals surface area (Å²) in [6.45, 7) is 5.20. The van der Waals surface area contributed by atoms with Crippen molar-refractivity contribution in [2.24, 2.45) is 7.05 Å². The van der Waals surface area contributed by atoms with Gasteiger partial charge in [-0.1, -0.05) is 6.92 Å². The predicted molar refractivity (Wildman–Crippen MR) is 70.5 cm³/mol. The van der Waals surface area contributed by atoms with Crippen LogP contribution in [0.4, 0.5) is 5.69 Å². The van der Waals surface area contributed by atoms with Gasteiger partial charge < -0.3 is 15.8 Å². The second-order valence-corrected chi connectivity index (χ2v) is 4.42. The standard InChI is InChI=1S/C12H20N4O3/c1-5-7(2)14-9(17)6-19-12(18)11-10(13)8(3)15-16(11)4/h7H,5-6,13H2,1-4H3,(H,14,17). The van der Waals surface area contributed by atoms with E-state index in [1.54, 1.807) is 14.0 Å². The molecule has 1 atom stereocenters. The van der Waals surface area contributed by atoms with Crippen LogP contribution in [0.15, 0.2) is 0 Å². The molecule has 1 heterocycles. The van der Waals surface area contributed by atoms with E-state index in [4.69, 9.17) is 10.5 Å². The lowest BCUT2D eigenvalue weighted by Crippen LogP contribution is -2.35. The molecule has 106 valence electrons. The second kappa shape index (κ2) is 6.21. The molecule has 1 rings (SSSR count). The van der Waals surface area contributed by atoms with E-state index in [9.17, 15) is 9.59 Å². The molecule has 0 spiro atoms.